The molecule has 0 N–H and O–H groups in total. The van der Waals surface area contributed by atoms with E-state index in [0.717, 1.165) is 6.42 Å². The summed E-state index contributed by atoms with van der Waals surface area (Å²) in [5.74, 6) is 0. The Labute approximate surface area is 138 Å². The molecule has 0 radical (unpaired) electrons. The summed E-state index contributed by atoms with van der Waals surface area (Å²) in [4.78, 5) is 0. The van der Waals surface area contributed by atoms with Gasteiger partial charge in [0.15, 0.2) is 0 Å². The van der Waals surface area contributed by atoms with E-state index in [2.05, 4.69) is 79.9 Å². The zero-order valence-electron chi connectivity index (χ0n) is 13.2. The van der Waals surface area contributed by atoms with Crippen LogP contribution in [0.2, 0.25) is 0 Å². The minimum absolute atomic E-state index is 0.849. The molecule has 3 aromatic carbocycles. The molecular weight excluding hydrogens is 276 g/mol. The lowest BCUT2D eigenvalue weighted by Crippen LogP contribution is -1.85. The Balaban J connectivity index is 1.95. The lowest BCUT2D eigenvalue weighted by Gasteiger charge is -2.08. The molecule has 0 saturated heterocycles. The van der Waals surface area contributed by atoms with Gasteiger partial charge in [0.05, 0.1) is 0 Å². The number of rotatable bonds is 5. The third-order valence-corrected chi connectivity index (χ3v) is 4.02. The summed E-state index contributed by atoms with van der Waals surface area (Å²) in [7, 11) is 0. The Morgan fingerprint density at radius 1 is 0.783 bits per heavy atom. The van der Waals surface area contributed by atoms with Gasteiger partial charge in [0, 0.05) is 0 Å². The molecule has 0 nitrogen and oxygen atoms in total. The van der Waals surface area contributed by atoms with Crippen LogP contribution in [0.5, 0.6) is 0 Å². The first kappa shape index (κ1) is 15.1. The van der Waals surface area contributed by atoms with Crippen molar-refractivity contribution in [3.05, 3.63) is 104 Å². The van der Waals surface area contributed by atoms with Gasteiger partial charge >= 0.3 is 0 Å². The van der Waals surface area contributed by atoms with Gasteiger partial charge in [-0.3, -0.25) is 0 Å². The molecule has 0 unspecified atom stereocenters. The molecule has 0 aliphatic carbocycles. The van der Waals surface area contributed by atoms with Crippen LogP contribution in [-0.2, 0) is 0 Å². The smallest absolute Gasteiger partial charge is 0.00942 e. The third-order valence-electron chi connectivity index (χ3n) is 4.02. The normalized spacial score (nSPS) is 11.4. The second-order valence-electron chi connectivity index (χ2n) is 5.56. The molecule has 0 saturated carbocycles. The van der Waals surface area contributed by atoms with E-state index < -0.39 is 0 Å². The van der Waals surface area contributed by atoms with Crippen LogP contribution in [0.1, 0.15) is 12.0 Å². The highest BCUT2D eigenvalue weighted by Crippen LogP contribution is 2.27. The first-order valence-electron chi connectivity index (χ1n) is 7.84. The van der Waals surface area contributed by atoms with Crippen molar-refractivity contribution in [2.24, 2.45) is 0 Å². The monoisotopic (exact) mass is 296 g/mol. The fourth-order valence-electron chi connectivity index (χ4n) is 2.83. The van der Waals surface area contributed by atoms with Crippen LogP contribution in [-0.4, -0.2) is 0 Å². The van der Waals surface area contributed by atoms with Crippen LogP contribution in [0.3, 0.4) is 0 Å². The molecule has 3 aromatic rings. The summed E-state index contributed by atoms with van der Waals surface area (Å²) in [6.07, 6.45) is 6.65. The van der Waals surface area contributed by atoms with Gasteiger partial charge in [0.1, 0.15) is 0 Å². The lowest BCUT2D eigenvalue weighted by molar-refractivity contribution is 1.40. The van der Waals surface area contributed by atoms with E-state index in [1.807, 2.05) is 18.2 Å². The predicted octanol–water partition coefficient (Wildman–Crippen LogP) is 6.65. The number of hydrogen-bond donors (Lipinski definition) is 0. The molecule has 112 valence electrons. The van der Waals surface area contributed by atoms with Crippen molar-refractivity contribution in [1.29, 1.82) is 0 Å². The van der Waals surface area contributed by atoms with Crippen LogP contribution in [0, 0.1) is 0 Å². The molecule has 0 heterocycles. The maximum atomic E-state index is 3.83. The minimum Gasteiger partial charge on any atom is -0.103 e. The molecule has 0 fully saturated rings. The highest BCUT2D eigenvalue weighted by atomic mass is 14.1. The van der Waals surface area contributed by atoms with E-state index in [0.29, 0.717) is 0 Å². The van der Waals surface area contributed by atoms with Gasteiger partial charge in [-0.15, -0.1) is 6.58 Å². The first-order chi connectivity index (χ1) is 11.3. The maximum absolute atomic E-state index is 3.83. The van der Waals surface area contributed by atoms with E-state index in [1.54, 1.807) is 0 Å². The van der Waals surface area contributed by atoms with Gasteiger partial charge in [-0.1, -0.05) is 85.5 Å². The molecule has 23 heavy (non-hydrogen) atoms. The van der Waals surface area contributed by atoms with Crippen LogP contribution in [0.4, 0.5) is 0 Å². The Morgan fingerprint density at radius 2 is 1.48 bits per heavy atom. The summed E-state index contributed by atoms with van der Waals surface area (Å²) in [6.45, 7) is 7.62. The molecule has 3 rings (SSSR count). The molecule has 0 aliphatic heterocycles. The average molecular weight is 296 g/mol. The quantitative estimate of drug-likeness (QED) is 0.365. The first-order valence-corrected chi connectivity index (χ1v) is 7.84. The van der Waals surface area contributed by atoms with Crippen molar-refractivity contribution in [2.75, 3.05) is 0 Å². The van der Waals surface area contributed by atoms with Crippen molar-refractivity contribution < 1.29 is 0 Å². The van der Waals surface area contributed by atoms with Gasteiger partial charge in [0.25, 0.3) is 0 Å². The fraction of sp³-hybridized carbons (Fsp3) is 0.0435. The molecule has 0 atom stereocenters. The highest BCUT2D eigenvalue weighted by Gasteiger charge is 2.02. The highest BCUT2D eigenvalue weighted by molar-refractivity contribution is 5.87. The molecule has 0 heteroatoms. The Hall–Kier alpha value is -2.86. The minimum atomic E-state index is 0.849. The molecule has 0 spiro atoms. The van der Waals surface area contributed by atoms with Gasteiger partial charge in [-0.2, -0.15) is 0 Å². The third kappa shape index (κ3) is 3.32. The Bertz CT molecular complexity index is 864. The summed E-state index contributed by atoms with van der Waals surface area (Å²) < 4.78 is 0. The van der Waals surface area contributed by atoms with Crippen LogP contribution >= 0.6 is 0 Å². The topological polar surface area (TPSA) is 0 Å². The van der Waals surface area contributed by atoms with E-state index in [4.69, 9.17) is 0 Å². The second-order valence-corrected chi connectivity index (χ2v) is 5.56. The van der Waals surface area contributed by atoms with Gasteiger partial charge in [0.2, 0.25) is 0 Å². The predicted molar refractivity (Wildman–Crippen MR) is 102 cm³/mol. The molecular formula is C23H20. The summed E-state index contributed by atoms with van der Waals surface area (Å²) in [5, 5.41) is 2.54. The average Bonchev–Trinajstić information content (AvgIpc) is 2.61. The van der Waals surface area contributed by atoms with Crippen molar-refractivity contribution in [1.82, 2.24) is 0 Å². The van der Waals surface area contributed by atoms with Crippen LogP contribution in [0.15, 0.2) is 98.1 Å². The Morgan fingerprint density at radius 3 is 2.17 bits per heavy atom. The van der Waals surface area contributed by atoms with E-state index in [9.17, 15) is 0 Å². The zero-order chi connectivity index (χ0) is 16.1. The second kappa shape index (κ2) is 6.93. The van der Waals surface area contributed by atoms with E-state index in [1.165, 1.54) is 33.0 Å². The van der Waals surface area contributed by atoms with Crippen molar-refractivity contribution in [3.63, 3.8) is 0 Å². The zero-order valence-corrected chi connectivity index (χ0v) is 13.2. The molecule has 0 bridgehead atoms. The van der Waals surface area contributed by atoms with E-state index >= 15 is 0 Å². The summed E-state index contributed by atoms with van der Waals surface area (Å²) in [5.41, 5.74) is 4.93. The standard InChI is InChI=1S/C23H20/c1-3-7-18(8-4-2)20-11-13-21(14-12-20)23-16-15-19-9-5-6-10-22(19)17-23/h3-7,9-17H,1-2,8H2/b18-7-. The SMILES string of the molecule is C=C/C=C(/CC=C)c1ccc(-c2ccc3ccccc3c2)cc1. The number of benzene rings is 3. The number of fused-ring (bicyclic) bond motifs is 1. The summed E-state index contributed by atoms with van der Waals surface area (Å²) in [6, 6.07) is 23.8. The van der Waals surface area contributed by atoms with E-state index in [-0.39, 0.29) is 0 Å². The van der Waals surface area contributed by atoms with Gasteiger partial charge in [-0.05, 0) is 45.5 Å². The summed E-state index contributed by atoms with van der Waals surface area (Å²) >= 11 is 0. The van der Waals surface area contributed by atoms with Crippen LogP contribution < -0.4 is 0 Å². The number of allylic oxidation sites excluding steroid dienone is 4. The largest absolute Gasteiger partial charge is 0.103 e. The fourth-order valence-corrected chi connectivity index (χ4v) is 2.83. The number of hydrogen-bond acceptors (Lipinski definition) is 0. The maximum Gasteiger partial charge on any atom is -0.00942 e. The van der Waals surface area contributed by atoms with Gasteiger partial charge in [-0.25, -0.2) is 0 Å². The van der Waals surface area contributed by atoms with Gasteiger partial charge < -0.3 is 0 Å². The molecule has 0 aromatic heterocycles. The molecule has 0 aliphatic rings. The van der Waals surface area contributed by atoms with Crippen molar-refractivity contribution >= 4 is 16.3 Å². The molecule has 0 amide bonds. The van der Waals surface area contributed by atoms with Crippen molar-refractivity contribution in [3.8, 4) is 11.1 Å². The lowest BCUT2D eigenvalue weighted by atomic mass is 9.97. The van der Waals surface area contributed by atoms with Crippen LogP contribution in [0.25, 0.3) is 27.5 Å². The Kier molecular flexibility index (Phi) is 4.54. The van der Waals surface area contributed by atoms with Crippen molar-refractivity contribution in [2.45, 2.75) is 6.42 Å².